The van der Waals surface area contributed by atoms with Gasteiger partial charge in [-0.15, -0.1) is 0 Å². The fourth-order valence-electron chi connectivity index (χ4n) is 3.06. The van der Waals surface area contributed by atoms with Gasteiger partial charge in [0.05, 0.1) is 28.1 Å². The molecule has 1 atom stereocenters. The summed E-state index contributed by atoms with van der Waals surface area (Å²) in [7, 11) is 0. The Morgan fingerprint density at radius 3 is 2.66 bits per heavy atom. The first-order chi connectivity index (χ1) is 15.0. The lowest BCUT2D eigenvalue weighted by molar-refractivity contribution is -0.386. The first-order valence-electron chi connectivity index (χ1n) is 10.2. The van der Waals surface area contributed by atoms with Crippen molar-refractivity contribution in [3.63, 3.8) is 0 Å². The fraction of sp³-hybridized carbons (Fsp3) is 0.348. The van der Waals surface area contributed by atoms with Crippen LogP contribution in [-0.2, 0) is 5.41 Å². The van der Waals surface area contributed by atoms with Crippen molar-refractivity contribution in [2.24, 2.45) is 5.10 Å². The number of aromatic nitrogens is 2. The second-order valence-electron chi connectivity index (χ2n) is 8.50. The largest absolute Gasteiger partial charge is 0.483 e. The third-order valence-electron chi connectivity index (χ3n) is 4.91. The SMILES string of the molecule is CC[C@@H](C)Oc1c(C=Nn2c(C(C)(C)C)nc3ccc(Br)cc3c2=O)cccc1[N+](=O)[O-]. The van der Waals surface area contributed by atoms with E-state index in [9.17, 15) is 14.9 Å². The number of hydrogen-bond acceptors (Lipinski definition) is 6. The summed E-state index contributed by atoms with van der Waals surface area (Å²) in [5.41, 5.74) is 0.0214. The Labute approximate surface area is 194 Å². The highest BCUT2D eigenvalue weighted by Crippen LogP contribution is 2.31. The van der Waals surface area contributed by atoms with Crippen LogP contribution in [0.1, 0.15) is 52.4 Å². The van der Waals surface area contributed by atoms with Crippen molar-refractivity contribution in [2.45, 2.75) is 52.6 Å². The van der Waals surface area contributed by atoms with E-state index in [0.29, 0.717) is 28.7 Å². The normalized spacial score (nSPS) is 12.9. The summed E-state index contributed by atoms with van der Waals surface area (Å²) in [6, 6.07) is 9.93. The van der Waals surface area contributed by atoms with Crippen LogP contribution in [0.3, 0.4) is 0 Å². The standard InChI is InChI=1S/C23H25BrN4O4/c1-6-14(2)32-20-15(8-7-9-19(20)28(30)31)13-25-27-21(29)17-12-16(24)10-11-18(17)26-22(27)23(3,4)5/h7-14H,6H2,1-5H3/t14-/m1/s1. The quantitative estimate of drug-likeness (QED) is 0.255. The molecule has 32 heavy (non-hydrogen) atoms. The molecule has 8 nitrogen and oxygen atoms in total. The van der Waals surface area contributed by atoms with Gasteiger partial charge in [-0.05, 0) is 37.6 Å². The first kappa shape index (κ1) is 23.6. The van der Waals surface area contributed by atoms with Gasteiger partial charge in [0, 0.05) is 21.5 Å². The Kier molecular flexibility index (Phi) is 6.78. The molecule has 0 aliphatic carbocycles. The second kappa shape index (κ2) is 9.20. The zero-order valence-corrected chi connectivity index (χ0v) is 20.2. The van der Waals surface area contributed by atoms with Gasteiger partial charge in [0.25, 0.3) is 5.56 Å². The maximum Gasteiger partial charge on any atom is 0.311 e. The number of benzene rings is 2. The van der Waals surface area contributed by atoms with Crippen molar-refractivity contribution in [3.05, 3.63) is 72.7 Å². The summed E-state index contributed by atoms with van der Waals surface area (Å²) in [4.78, 5) is 29.0. The molecule has 0 saturated carbocycles. The minimum absolute atomic E-state index is 0.123. The summed E-state index contributed by atoms with van der Waals surface area (Å²) < 4.78 is 7.85. The van der Waals surface area contributed by atoms with Crippen LogP contribution in [0.2, 0.25) is 0 Å². The monoisotopic (exact) mass is 500 g/mol. The molecular weight excluding hydrogens is 476 g/mol. The molecule has 1 heterocycles. The summed E-state index contributed by atoms with van der Waals surface area (Å²) in [5.74, 6) is 0.598. The van der Waals surface area contributed by atoms with Crippen LogP contribution in [0.4, 0.5) is 5.69 Å². The van der Waals surface area contributed by atoms with Crippen molar-refractivity contribution in [2.75, 3.05) is 0 Å². The minimum Gasteiger partial charge on any atom is -0.483 e. The van der Waals surface area contributed by atoms with E-state index >= 15 is 0 Å². The zero-order valence-electron chi connectivity index (χ0n) is 18.6. The van der Waals surface area contributed by atoms with Crippen LogP contribution in [0.5, 0.6) is 5.75 Å². The van der Waals surface area contributed by atoms with E-state index in [1.165, 1.54) is 17.0 Å². The van der Waals surface area contributed by atoms with Crippen molar-refractivity contribution < 1.29 is 9.66 Å². The molecule has 1 aromatic heterocycles. The molecule has 3 rings (SSSR count). The predicted octanol–water partition coefficient (Wildman–Crippen LogP) is 5.42. The Hall–Kier alpha value is -3.07. The number of ether oxygens (including phenoxy) is 1. The number of fused-ring (bicyclic) bond motifs is 1. The Morgan fingerprint density at radius 1 is 1.31 bits per heavy atom. The van der Waals surface area contributed by atoms with Gasteiger partial charge in [0.15, 0.2) is 0 Å². The number of nitro benzene ring substituents is 1. The van der Waals surface area contributed by atoms with Gasteiger partial charge in [-0.2, -0.15) is 9.78 Å². The number of rotatable bonds is 6. The van der Waals surface area contributed by atoms with Crippen molar-refractivity contribution in [1.82, 2.24) is 9.66 Å². The zero-order chi connectivity index (χ0) is 23.6. The van der Waals surface area contributed by atoms with Crippen LogP contribution in [0, 0.1) is 10.1 Å². The van der Waals surface area contributed by atoms with E-state index in [1.807, 2.05) is 40.7 Å². The molecule has 0 aliphatic rings. The highest BCUT2D eigenvalue weighted by Gasteiger charge is 2.24. The molecular formula is C23H25BrN4O4. The third kappa shape index (κ3) is 4.88. The highest BCUT2D eigenvalue weighted by atomic mass is 79.9. The summed E-state index contributed by atoms with van der Waals surface area (Å²) in [6.07, 6.45) is 1.86. The molecule has 0 spiro atoms. The van der Waals surface area contributed by atoms with E-state index in [0.717, 1.165) is 4.47 Å². The maximum absolute atomic E-state index is 13.3. The number of nitrogens with zero attached hydrogens (tertiary/aromatic N) is 4. The van der Waals surface area contributed by atoms with Gasteiger partial charge >= 0.3 is 5.69 Å². The van der Waals surface area contributed by atoms with Gasteiger partial charge in [0.1, 0.15) is 5.82 Å². The smallest absolute Gasteiger partial charge is 0.311 e. The highest BCUT2D eigenvalue weighted by molar-refractivity contribution is 9.10. The predicted molar refractivity (Wildman–Crippen MR) is 129 cm³/mol. The average Bonchev–Trinajstić information content (AvgIpc) is 2.73. The van der Waals surface area contributed by atoms with Gasteiger partial charge in [-0.1, -0.05) is 49.7 Å². The first-order valence-corrected chi connectivity index (χ1v) is 11.0. The molecule has 0 bridgehead atoms. The minimum atomic E-state index is -0.489. The van der Waals surface area contributed by atoms with Crippen molar-refractivity contribution in [1.29, 1.82) is 0 Å². The fourth-order valence-corrected chi connectivity index (χ4v) is 3.42. The van der Waals surface area contributed by atoms with Crippen LogP contribution in [0.15, 0.2) is 50.8 Å². The number of hydrogen-bond donors (Lipinski definition) is 0. The van der Waals surface area contributed by atoms with Crippen molar-refractivity contribution >= 4 is 38.7 Å². The summed E-state index contributed by atoms with van der Waals surface area (Å²) in [5, 5.41) is 16.4. The molecule has 0 radical (unpaired) electrons. The Morgan fingerprint density at radius 2 is 2.03 bits per heavy atom. The van der Waals surface area contributed by atoms with Gasteiger partial charge in [-0.25, -0.2) is 4.98 Å². The lowest BCUT2D eigenvalue weighted by Gasteiger charge is -2.21. The summed E-state index contributed by atoms with van der Waals surface area (Å²) in [6.45, 7) is 9.59. The molecule has 3 aromatic rings. The van der Waals surface area contributed by atoms with E-state index in [1.54, 1.807) is 24.3 Å². The molecule has 0 aliphatic heterocycles. The van der Waals surface area contributed by atoms with Gasteiger partial charge in [-0.3, -0.25) is 14.9 Å². The van der Waals surface area contributed by atoms with Gasteiger partial charge < -0.3 is 4.74 Å². The van der Waals surface area contributed by atoms with E-state index in [-0.39, 0.29) is 23.1 Å². The van der Waals surface area contributed by atoms with Crippen LogP contribution in [0.25, 0.3) is 10.9 Å². The van der Waals surface area contributed by atoms with E-state index in [4.69, 9.17) is 4.74 Å². The Bertz CT molecular complexity index is 1260. The van der Waals surface area contributed by atoms with E-state index in [2.05, 4.69) is 26.0 Å². The van der Waals surface area contributed by atoms with Gasteiger partial charge in [0.2, 0.25) is 5.75 Å². The number of nitro groups is 1. The lowest BCUT2D eigenvalue weighted by atomic mass is 9.95. The molecule has 9 heteroatoms. The maximum atomic E-state index is 13.3. The molecule has 168 valence electrons. The number of para-hydroxylation sites is 1. The average molecular weight is 501 g/mol. The lowest BCUT2D eigenvalue weighted by Crippen LogP contribution is -2.29. The molecule has 0 N–H and O–H groups in total. The van der Waals surface area contributed by atoms with E-state index < -0.39 is 10.3 Å². The van der Waals surface area contributed by atoms with Crippen molar-refractivity contribution in [3.8, 4) is 5.75 Å². The van der Waals surface area contributed by atoms with Crippen LogP contribution in [-0.4, -0.2) is 26.9 Å². The molecule has 0 amide bonds. The summed E-state index contributed by atoms with van der Waals surface area (Å²) >= 11 is 3.39. The number of halogens is 1. The molecule has 0 saturated heterocycles. The molecule has 2 aromatic carbocycles. The van der Waals surface area contributed by atoms with Crippen LogP contribution >= 0.6 is 15.9 Å². The molecule has 0 fully saturated rings. The molecule has 0 unspecified atom stereocenters. The topological polar surface area (TPSA) is 99.6 Å². The second-order valence-corrected chi connectivity index (χ2v) is 9.41. The third-order valence-corrected chi connectivity index (χ3v) is 5.40. The van der Waals surface area contributed by atoms with Crippen LogP contribution < -0.4 is 10.3 Å². The Balaban J connectivity index is 2.23.